The highest BCUT2D eigenvalue weighted by atomic mass is 35.5. The van der Waals surface area contributed by atoms with E-state index in [0.29, 0.717) is 28.4 Å². The predicted molar refractivity (Wildman–Crippen MR) is 135 cm³/mol. The zero-order chi connectivity index (χ0) is 24.5. The largest absolute Gasteiger partial charge is 0.284 e. The SMILES string of the molecule is CCS(=O)(=O)Nc1cccc(C2=NN(S(=O)(=O)c3ccc(Cl)cc3)[C@@H](c3cccc(C)c3)C2)c1. The molecule has 0 spiro atoms. The maximum Gasteiger partial charge on any atom is 0.279 e. The number of halogens is 1. The number of hydrogen-bond acceptors (Lipinski definition) is 5. The van der Waals surface area contributed by atoms with E-state index in [1.807, 2.05) is 31.2 Å². The van der Waals surface area contributed by atoms with Crippen LogP contribution in [0.5, 0.6) is 0 Å². The molecule has 1 N–H and O–H groups in total. The van der Waals surface area contributed by atoms with Gasteiger partial charge in [-0.25, -0.2) is 8.42 Å². The van der Waals surface area contributed by atoms with Crippen LogP contribution in [0.25, 0.3) is 0 Å². The molecule has 0 aliphatic carbocycles. The highest BCUT2D eigenvalue weighted by molar-refractivity contribution is 7.92. The number of aryl methyl sites for hydroxylation is 1. The summed E-state index contributed by atoms with van der Waals surface area (Å²) in [5.41, 5.74) is 3.41. The highest BCUT2D eigenvalue weighted by Crippen LogP contribution is 2.38. The van der Waals surface area contributed by atoms with Gasteiger partial charge in [-0.15, -0.1) is 0 Å². The second-order valence-electron chi connectivity index (χ2n) is 8.00. The van der Waals surface area contributed by atoms with Gasteiger partial charge in [0.2, 0.25) is 10.0 Å². The van der Waals surface area contributed by atoms with E-state index in [0.717, 1.165) is 15.5 Å². The first-order valence-electron chi connectivity index (χ1n) is 10.6. The molecule has 4 rings (SSSR count). The van der Waals surface area contributed by atoms with E-state index in [2.05, 4.69) is 9.82 Å². The third kappa shape index (κ3) is 5.11. The van der Waals surface area contributed by atoms with Gasteiger partial charge in [0, 0.05) is 17.1 Å². The number of rotatable bonds is 7. The smallest absolute Gasteiger partial charge is 0.279 e. The average molecular weight is 518 g/mol. The van der Waals surface area contributed by atoms with E-state index in [4.69, 9.17) is 11.6 Å². The molecular weight excluding hydrogens is 494 g/mol. The van der Waals surface area contributed by atoms with E-state index < -0.39 is 26.1 Å². The van der Waals surface area contributed by atoms with Crippen LogP contribution in [-0.2, 0) is 20.0 Å². The van der Waals surface area contributed by atoms with Crippen LogP contribution in [0, 0.1) is 6.92 Å². The van der Waals surface area contributed by atoms with Crippen LogP contribution in [0.1, 0.15) is 36.1 Å². The Morgan fingerprint density at radius 3 is 2.38 bits per heavy atom. The van der Waals surface area contributed by atoms with Crippen LogP contribution < -0.4 is 4.72 Å². The first kappa shape index (κ1) is 24.3. The summed E-state index contributed by atoms with van der Waals surface area (Å²) in [5.74, 6) is -0.0548. The van der Waals surface area contributed by atoms with Crippen LogP contribution in [0.15, 0.2) is 82.8 Å². The van der Waals surface area contributed by atoms with Crippen LogP contribution in [-0.4, -0.2) is 32.7 Å². The zero-order valence-corrected chi connectivity index (χ0v) is 21.0. The summed E-state index contributed by atoms with van der Waals surface area (Å²) in [6.07, 6.45) is 0.334. The number of sulfonamides is 2. The van der Waals surface area contributed by atoms with Gasteiger partial charge in [-0.05, 0) is 61.4 Å². The summed E-state index contributed by atoms with van der Waals surface area (Å²) in [6, 6.07) is 19.9. The molecule has 7 nitrogen and oxygen atoms in total. The maximum absolute atomic E-state index is 13.6. The molecule has 1 aliphatic rings. The Morgan fingerprint density at radius 1 is 1.00 bits per heavy atom. The summed E-state index contributed by atoms with van der Waals surface area (Å²) in [4.78, 5) is 0.0870. The van der Waals surface area contributed by atoms with Gasteiger partial charge in [-0.1, -0.05) is 53.6 Å². The second-order valence-corrected chi connectivity index (χ2v) is 12.2. The first-order valence-corrected chi connectivity index (χ1v) is 14.1. The molecule has 10 heteroatoms. The number of anilines is 1. The number of hydrazone groups is 1. The number of hydrogen-bond donors (Lipinski definition) is 1. The summed E-state index contributed by atoms with van der Waals surface area (Å²) >= 11 is 5.95. The lowest BCUT2D eigenvalue weighted by Crippen LogP contribution is -2.27. The molecule has 0 aromatic heterocycles. The molecule has 0 unspecified atom stereocenters. The van der Waals surface area contributed by atoms with Crippen LogP contribution >= 0.6 is 11.6 Å². The Morgan fingerprint density at radius 2 is 1.71 bits per heavy atom. The third-order valence-corrected chi connectivity index (χ3v) is 8.76. The summed E-state index contributed by atoms with van der Waals surface area (Å²) in [7, 11) is -7.43. The quantitative estimate of drug-likeness (QED) is 0.479. The van der Waals surface area contributed by atoms with Gasteiger partial charge in [0.15, 0.2) is 0 Å². The monoisotopic (exact) mass is 517 g/mol. The molecule has 3 aromatic rings. The molecule has 34 heavy (non-hydrogen) atoms. The Hall–Kier alpha value is -2.88. The average Bonchev–Trinajstić information content (AvgIpc) is 3.26. The number of nitrogens with one attached hydrogen (secondary N) is 1. The van der Waals surface area contributed by atoms with Crippen molar-refractivity contribution in [3.8, 4) is 0 Å². The van der Waals surface area contributed by atoms with Gasteiger partial charge in [0.1, 0.15) is 0 Å². The van der Waals surface area contributed by atoms with Gasteiger partial charge in [-0.2, -0.15) is 17.9 Å². The van der Waals surface area contributed by atoms with E-state index in [-0.39, 0.29) is 10.6 Å². The summed E-state index contributed by atoms with van der Waals surface area (Å²) in [6.45, 7) is 3.50. The van der Waals surface area contributed by atoms with Crippen molar-refractivity contribution in [2.45, 2.75) is 31.2 Å². The second kappa shape index (κ2) is 9.40. The topological polar surface area (TPSA) is 95.9 Å². The van der Waals surface area contributed by atoms with Crippen molar-refractivity contribution in [2.75, 3.05) is 10.5 Å². The summed E-state index contributed by atoms with van der Waals surface area (Å²) < 4.78 is 54.8. The van der Waals surface area contributed by atoms with Crippen LogP contribution in [0.2, 0.25) is 5.02 Å². The van der Waals surface area contributed by atoms with E-state index in [9.17, 15) is 16.8 Å². The molecular formula is C24H24ClN3O4S2. The van der Waals surface area contributed by atoms with Crippen molar-refractivity contribution in [1.29, 1.82) is 0 Å². The van der Waals surface area contributed by atoms with Crippen molar-refractivity contribution in [3.63, 3.8) is 0 Å². The number of benzene rings is 3. The van der Waals surface area contributed by atoms with Gasteiger partial charge < -0.3 is 0 Å². The molecule has 1 atom stereocenters. The van der Waals surface area contributed by atoms with E-state index in [1.54, 1.807) is 31.2 Å². The molecule has 178 valence electrons. The van der Waals surface area contributed by atoms with Crippen molar-refractivity contribution in [2.24, 2.45) is 5.10 Å². The lowest BCUT2D eigenvalue weighted by molar-refractivity contribution is 0.371. The van der Waals surface area contributed by atoms with Crippen LogP contribution in [0.3, 0.4) is 0 Å². The fourth-order valence-electron chi connectivity index (χ4n) is 3.74. The van der Waals surface area contributed by atoms with Gasteiger partial charge >= 0.3 is 0 Å². The third-order valence-electron chi connectivity index (χ3n) is 5.51. The van der Waals surface area contributed by atoms with E-state index >= 15 is 0 Å². The van der Waals surface area contributed by atoms with Crippen LogP contribution in [0.4, 0.5) is 5.69 Å². The predicted octanol–water partition coefficient (Wildman–Crippen LogP) is 4.95. The molecule has 1 heterocycles. The molecule has 0 amide bonds. The minimum atomic E-state index is -3.97. The van der Waals surface area contributed by atoms with Crippen molar-refractivity contribution < 1.29 is 16.8 Å². The van der Waals surface area contributed by atoms with Gasteiger partial charge in [0.25, 0.3) is 10.0 Å². The molecule has 1 aliphatic heterocycles. The number of nitrogens with zero attached hydrogens (tertiary/aromatic N) is 2. The molecule has 0 saturated heterocycles. The lowest BCUT2D eigenvalue weighted by atomic mass is 9.98. The minimum absolute atomic E-state index is 0.0548. The first-order chi connectivity index (χ1) is 16.1. The maximum atomic E-state index is 13.6. The highest BCUT2D eigenvalue weighted by Gasteiger charge is 2.37. The minimum Gasteiger partial charge on any atom is -0.284 e. The molecule has 0 fully saturated rings. The Kier molecular flexibility index (Phi) is 6.71. The molecule has 0 bridgehead atoms. The Balaban J connectivity index is 1.77. The lowest BCUT2D eigenvalue weighted by Gasteiger charge is -2.23. The summed E-state index contributed by atoms with van der Waals surface area (Å²) in [5, 5.41) is 4.96. The van der Waals surface area contributed by atoms with Crippen molar-refractivity contribution >= 4 is 43.0 Å². The zero-order valence-electron chi connectivity index (χ0n) is 18.6. The molecule has 0 radical (unpaired) electrons. The normalized spacial score (nSPS) is 16.4. The molecule has 3 aromatic carbocycles. The van der Waals surface area contributed by atoms with Gasteiger partial charge in [-0.3, -0.25) is 4.72 Å². The van der Waals surface area contributed by atoms with Crippen molar-refractivity contribution in [1.82, 2.24) is 4.41 Å². The van der Waals surface area contributed by atoms with Crippen molar-refractivity contribution in [3.05, 3.63) is 94.5 Å². The van der Waals surface area contributed by atoms with Gasteiger partial charge in [0.05, 0.1) is 22.4 Å². The Bertz CT molecular complexity index is 1450. The fraction of sp³-hybridized carbons (Fsp3) is 0.208. The standard InChI is InChI=1S/C24H24ClN3O4S2/c1-3-33(29,30)27-21-9-5-7-18(15-21)23-16-24(19-8-4-6-17(2)14-19)28(26-23)34(31,32)22-12-10-20(25)11-13-22/h4-15,24,27H,3,16H2,1-2H3/t24-/m1/s1. The fourth-order valence-corrected chi connectivity index (χ4v) is 5.93. The van der Waals surface area contributed by atoms with E-state index in [1.165, 1.54) is 24.3 Å². The Labute approximate surface area is 205 Å². The molecule has 0 saturated carbocycles.